The standard InChI is InChI=1S/C10H10BrN3S/c1-12-10(7-6-13-4-5-14-7)8-2-3-9(11)15-8/h2-6,10,12H,1H3. The van der Waals surface area contributed by atoms with E-state index in [4.69, 9.17) is 0 Å². The van der Waals surface area contributed by atoms with E-state index >= 15 is 0 Å². The summed E-state index contributed by atoms with van der Waals surface area (Å²) in [5.41, 5.74) is 0.939. The highest BCUT2D eigenvalue weighted by molar-refractivity contribution is 9.11. The maximum absolute atomic E-state index is 4.30. The third kappa shape index (κ3) is 2.42. The van der Waals surface area contributed by atoms with Crippen LogP contribution in [0.1, 0.15) is 16.6 Å². The molecule has 2 aromatic rings. The second-order valence-corrected chi connectivity index (χ2v) is 5.49. The third-order valence-corrected chi connectivity index (χ3v) is 3.73. The van der Waals surface area contributed by atoms with Crippen LogP contribution in [0.5, 0.6) is 0 Å². The molecular formula is C10H10BrN3S. The fourth-order valence-electron chi connectivity index (χ4n) is 1.38. The van der Waals surface area contributed by atoms with Crippen molar-refractivity contribution < 1.29 is 0 Å². The highest BCUT2D eigenvalue weighted by atomic mass is 79.9. The lowest BCUT2D eigenvalue weighted by molar-refractivity contribution is 0.678. The number of halogens is 1. The molecule has 0 aromatic carbocycles. The summed E-state index contributed by atoms with van der Waals surface area (Å²) in [6.07, 6.45) is 5.18. The van der Waals surface area contributed by atoms with Crippen molar-refractivity contribution in [2.24, 2.45) is 0 Å². The van der Waals surface area contributed by atoms with Crippen LogP contribution in [0.25, 0.3) is 0 Å². The number of thiophene rings is 1. The van der Waals surface area contributed by atoms with Crippen molar-refractivity contribution in [2.45, 2.75) is 6.04 Å². The summed E-state index contributed by atoms with van der Waals surface area (Å²) in [5, 5.41) is 3.24. The monoisotopic (exact) mass is 283 g/mol. The summed E-state index contributed by atoms with van der Waals surface area (Å²) in [6, 6.07) is 4.25. The zero-order valence-electron chi connectivity index (χ0n) is 8.14. The molecule has 2 rings (SSSR count). The molecule has 0 aliphatic carbocycles. The molecule has 0 bridgehead atoms. The van der Waals surface area contributed by atoms with Crippen LogP contribution >= 0.6 is 27.3 Å². The van der Waals surface area contributed by atoms with Gasteiger partial charge in [0, 0.05) is 17.3 Å². The molecular weight excluding hydrogens is 274 g/mol. The van der Waals surface area contributed by atoms with Crippen LogP contribution in [0.15, 0.2) is 34.5 Å². The highest BCUT2D eigenvalue weighted by Gasteiger charge is 2.14. The quantitative estimate of drug-likeness (QED) is 0.941. The fraction of sp³-hybridized carbons (Fsp3) is 0.200. The van der Waals surface area contributed by atoms with Crippen LogP contribution in [0.3, 0.4) is 0 Å². The molecule has 0 aliphatic heterocycles. The first-order chi connectivity index (χ1) is 7.31. The van der Waals surface area contributed by atoms with E-state index in [9.17, 15) is 0 Å². The highest BCUT2D eigenvalue weighted by Crippen LogP contribution is 2.29. The summed E-state index contributed by atoms with van der Waals surface area (Å²) >= 11 is 5.16. The van der Waals surface area contributed by atoms with Gasteiger partial charge in [0.25, 0.3) is 0 Å². The predicted molar refractivity (Wildman–Crippen MR) is 65.0 cm³/mol. The van der Waals surface area contributed by atoms with Crippen LogP contribution in [-0.2, 0) is 0 Å². The van der Waals surface area contributed by atoms with Gasteiger partial charge in [-0.2, -0.15) is 0 Å². The Labute approximate surface area is 101 Å². The Kier molecular flexibility index (Phi) is 3.45. The van der Waals surface area contributed by atoms with Crippen molar-refractivity contribution >= 4 is 27.3 Å². The molecule has 1 atom stereocenters. The molecule has 3 nitrogen and oxygen atoms in total. The minimum Gasteiger partial charge on any atom is -0.307 e. The molecule has 2 aromatic heterocycles. The van der Waals surface area contributed by atoms with Crippen molar-refractivity contribution in [3.63, 3.8) is 0 Å². The molecule has 0 radical (unpaired) electrons. The molecule has 1 N–H and O–H groups in total. The van der Waals surface area contributed by atoms with E-state index in [0.717, 1.165) is 9.48 Å². The normalized spacial score (nSPS) is 12.7. The number of aromatic nitrogens is 2. The van der Waals surface area contributed by atoms with Gasteiger partial charge >= 0.3 is 0 Å². The maximum atomic E-state index is 4.30. The van der Waals surface area contributed by atoms with Gasteiger partial charge in [-0.3, -0.25) is 9.97 Å². The number of hydrogen-bond acceptors (Lipinski definition) is 4. The summed E-state index contributed by atoms with van der Waals surface area (Å²) < 4.78 is 1.13. The first-order valence-corrected chi connectivity index (χ1v) is 6.10. The first-order valence-electron chi connectivity index (χ1n) is 4.49. The number of hydrogen-bond donors (Lipinski definition) is 1. The lowest BCUT2D eigenvalue weighted by atomic mass is 10.2. The van der Waals surface area contributed by atoms with Crippen molar-refractivity contribution in [1.29, 1.82) is 0 Å². The molecule has 0 spiro atoms. The van der Waals surface area contributed by atoms with E-state index in [0.29, 0.717) is 0 Å². The van der Waals surface area contributed by atoms with Gasteiger partial charge in [0.05, 0.1) is 21.7 Å². The Bertz CT molecular complexity index is 429. The third-order valence-electron chi connectivity index (χ3n) is 2.05. The van der Waals surface area contributed by atoms with E-state index in [1.54, 1.807) is 29.9 Å². The lowest BCUT2D eigenvalue weighted by Gasteiger charge is -2.12. The molecule has 5 heteroatoms. The van der Waals surface area contributed by atoms with Gasteiger partial charge in [-0.05, 0) is 35.1 Å². The Hall–Kier alpha value is -0.780. The zero-order valence-corrected chi connectivity index (χ0v) is 10.5. The average molecular weight is 284 g/mol. The van der Waals surface area contributed by atoms with Crippen LogP contribution in [0.2, 0.25) is 0 Å². The van der Waals surface area contributed by atoms with Gasteiger partial charge in [-0.25, -0.2) is 0 Å². The Balaban J connectivity index is 2.33. The van der Waals surface area contributed by atoms with Gasteiger partial charge in [-0.15, -0.1) is 11.3 Å². The molecule has 78 valence electrons. The maximum Gasteiger partial charge on any atom is 0.0858 e. The summed E-state index contributed by atoms with van der Waals surface area (Å²) in [7, 11) is 1.92. The minimum absolute atomic E-state index is 0.120. The van der Waals surface area contributed by atoms with Crippen LogP contribution in [-0.4, -0.2) is 17.0 Å². The van der Waals surface area contributed by atoms with Crippen LogP contribution < -0.4 is 5.32 Å². The summed E-state index contributed by atoms with van der Waals surface area (Å²) in [5.74, 6) is 0. The van der Waals surface area contributed by atoms with E-state index < -0.39 is 0 Å². The second kappa shape index (κ2) is 4.83. The van der Waals surface area contributed by atoms with E-state index in [2.05, 4.69) is 37.3 Å². The molecule has 1 unspecified atom stereocenters. The predicted octanol–water partition coefficient (Wildman–Crippen LogP) is 2.61. The van der Waals surface area contributed by atoms with Gasteiger partial charge in [0.1, 0.15) is 0 Å². The number of nitrogens with one attached hydrogen (secondary N) is 1. The van der Waals surface area contributed by atoms with Crippen molar-refractivity contribution in [2.75, 3.05) is 7.05 Å². The topological polar surface area (TPSA) is 37.8 Å². The van der Waals surface area contributed by atoms with Crippen molar-refractivity contribution in [3.05, 3.63) is 45.1 Å². The molecule has 0 saturated heterocycles. The van der Waals surface area contributed by atoms with E-state index in [1.165, 1.54) is 4.88 Å². The molecule has 2 heterocycles. The number of rotatable bonds is 3. The molecule has 0 fully saturated rings. The lowest BCUT2D eigenvalue weighted by Crippen LogP contribution is -2.17. The van der Waals surface area contributed by atoms with Gasteiger partial charge in [0.15, 0.2) is 0 Å². The van der Waals surface area contributed by atoms with Gasteiger partial charge in [-0.1, -0.05) is 0 Å². The minimum atomic E-state index is 0.120. The summed E-state index contributed by atoms with van der Waals surface area (Å²) in [6.45, 7) is 0. The van der Waals surface area contributed by atoms with E-state index in [-0.39, 0.29) is 6.04 Å². The van der Waals surface area contributed by atoms with Crippen LogP contribution in [0.4, 0.5) is 0 Å². The van der Waals surface area contributed by atoms with E-state index in [1.807, 2.05) is 13.1 Å². The summed E-state index contributed by atoms with van der Waals surface area (Å²) in [4.78, 5) is 9.60. The molecule has 15 heavy (non-hydrogen) atoms. The Morgan fingerprint density at radius 1 is 1.40 bits per heavy atom. The largest absolute Gasteiger partial charge is 0.307 e. The van der Waals surface area contributed by atoms with Gasteiger partial charge in [0.2, 0.25) is 0 Å². The van der Waals surface area contributed by atoms with Crippen LogP contribution in [0, 0.1) is 0 Å². The molecule has 0 saturated carbocycles. The first kappa shape index (κ1) is 10.7. The second-order valence-electron chi connectivity index (χ2n) is 2.99. The van der Waals surface area contributed by atoms with Crippen molar-refractivity contribution in [1.82, 2.24) is 15.3 Å². The molecule has 0 amide bonds. The zero-order chi connectivity index (χ0) is 10.7. The van der Waals surface area contributed by atoms with Crippen molar-refractivity contribution in [3.8, 4) is 0 Å². The average Bonchev–Trinajstić information content (AvgIpc) is 2.68. The fourth-order valence-corrected chi connectivity index (χ4v) is 2.93. The smallest absolute Gasteiger partial charge is 0.0858 e. The Morgan fingerprint density at radius 2 is 2.27 bits per heavy atom. The molecule has 0 aliphatic rings. The van der Waals surface area contributed by atoms with Gasteiger partial charge < -0.3 is 5.32 Å². The SMILES string of the molecule is CNC(c1cnccn1)c1ccc(Br)s1. The number of nitrogens with zero attached hydrogens (tertiary/aromatic N) is 2. The Morgan fingerprint density at radius 3 is 2.80 bits per heavy atom.